The lowest BCUT2D eigenvalue weighted by Crippen LogP contribution is -2.34. The van der Waals surface area contributed by atoms with Gasteiger partial charge in [0, 0.05) is 30.2 Å². The van der Waals surface area contributed by atoms with E-state index in [0.29, 0.717) is 18.8 Å². The van der Waals surface area contributed by atoms with Crippen LogP contribution in [-0.2, 0) is 19.6 Å². The van der Waals surface area contributed by atoms with Crippen LogP contribution in [0.2, 0.25) is 0 Å². The maximum Gasteiger partial charge on any atom is 0.322 e. The summed E-state index contributed by atoms with van der Waals surface area (Å²) in [6.45, 7) is 1.19. The Morgan fingerprint density at radius 1 is 0.935 bits per heavy atom. The first-order valence-electron chi connectivity index (χ1n) is 9.80. The molecule has 158 valence electrons. The smallest absolute Gasteiger partial charge is 0.322 e. The molecule has 0 unspecified atom stereocenters. The van der Waals surface area contributed by atoms with Crippen LogP contribution in [0.4, 0.5) is 19.3 Å². The van der Waals surface area contributed by atoms with Gasteiger partial charge in [0.1, 0.15) is 5.76 Å². The molecule has 0 fully saturated rings. The Morgan fingerprint density at radius 2 is 1.77 bits per heavy atom. The van der Waals surface area contributed by atoms with E-state index in [1.807, 2.05) is 48.7 Å². The minimum atomic E-state index is -1.02. The van der Waals surface area contributed by atoms with Crippen molar-refractivity contribution in [3.05, 3.63) is 114 Å². The predicted molar refractivity (Wildman–Crippen MR) is 113 cm³/mol. The number of anilines is 1. The minimum Gasteiger partial charge on any atom is -0.467 e. The third kappa shape index (κ3) is 5.19. The fraction of sp³-hybridized carbons (Fsp3) is 0.125. The van der Waals surface area contributed by atoms with Crippen LogP contribution < -0.4 is 5.32 Å². The molecule has 2 aromatic carbocycles. The molecule has 2 aromatic heterocycles. The third-order valence-electron chi connectivity index (χ3n) is 4.86. The number of rotatable bonds is 7. The monoisotopic (exact) mass is 421 g/mol. The van der Waals surface area contributed by atoms with Crippen molar-refractivity contribution in [3.63, 3.8) is 0 Å². The van der Waals surface area contributed by atoms with Crippen LogP contribution in [0.1, 0.15) is 17.0 Å². The number of carbonyl (C=O) groups excluding carboxylic acids is 1. The molecule has 0 radical (unpaired) electrons. The van der Waals surface area contributed by atoms with Gasteiger partial charge < -0.3 is 19.2 Å². The van der Waals surface area contributed by atoms with Gasteiger partial charge in [-0.25, -0.2) is 13.6 Å². The van der Waals surface area contributed by atoms with Crippen LogP contribution in [0.25, 0.3) is 0 Å². The second-order valence-corrected chi connectivity index (χ2v) is 7.11. The normalized spacial score (nSPS) is 10.8. The number of carbonyl (C=O) groups is 1. The zero-order chi connectivity index (χ0) is 21.6. The summed E-state index contributed by atoms with van der Waals surface area (Å²) in [7, 11) is 0. The molecule has 0 aliphatic rings. The molecule has 0 spiro atoms. The van der Waals surface area contributed by atoms with E-state index >= 15 is 0 Å². The van der Waals surface area contributed by atoms with Crippen molar-refractivity contribution >= 4 is 11.7 Å². The summed E-state index contributed by atoms with van der Waals surface area (Å²) < 4.78 is 34.2. The molecule has 4 rings (SSSR count). The summed E-state index contributed by atoms with van der Waals surface area (Å²) in [4.78, 5) is 14.5. The van der Waals surface area contributed by atoms with E-state index in [1.165, 1.54) is 6.07 Å². The molecule has 31 heavy (non-hydrogen) atoms. The fourth-order valence-corrected chi connectivity index (χ4v) is 3.29. The van der Waals surface area contributed by atoms with E-state index in [0.717, 1.165) is 23.4 Å². The molecule has 0 bridgehead atoms. The second kappa shape index (κ2) is 9.30. The summed E-state index contributed by atoms with van der Waals surface area (Å²) in [6.07, 6.45) is 3.50. The van der Waals surface area contributed by atoms with Gasteiger partial charge in [-0.05, 0) is 42.0 Å². The highest BCUT2D eigenvalue weighted by Crippen LogP contribution is 2.17. The lowest BCUT2D eigenvalue weighted by Gasteiger charge is -2.23. The SMILES string of the molecule is O=C(Nc1ccc(F)c(F)c1)N(Cc1ccco1)Cc1cccn1Cc1ccccc1. The topological polar surface area (TPSA) is 50.4 Å². The van der Waals surface area contributed by atoms with Crippen molar-refractivity contribution in [3.8, 4) is 0 Å². The zero-order valence-electron chi connectivity index (χ0n) is 16.7. The number of halogens is 2. The van der Waals surface area contributed by atoms with E-state index < -0.39 is 17.7 Å². The van der Waals surface area contributed by atoms with Gasteiger partial charge in [0.05, 0.1) is 19.4 Å². The van der Waals surface area contributed by atoms with Crippen molar-refractivity contribution in [2.45, 2.75) is 19.6 Å². The molecule has 4 aromatic rings. The number of nitrogens with one attached hydrogen (secondary N) is 1. The standard InChI is InChI=1S/C24H21F2N3O2/c25-22-11-10-19(14-23(22)26)27-24(30)29(17-21-9-5-13-31-21)16-20-8-4-12-28(20)15-18-6-2-1-3-7-18/h1-14H,15-17H2,(H,27,30). The molecule has 0 atom stereocenters. The van der Waals surface area contributed by atoms with Gasteiger partial charge in [-0.15, -0.1) is 0 Å². The summed E-state index contributed by atoms with van der Waals surface area (Å²) in [5, 5.41) is 2.63. The molecule has 7 heteroatoms. The second-order valence-electron chi connectivity index (χ2n) is 7.11. The predicted octanol–water partition coefficient (Wildman–Crippen LogP) is 5.64. The van der Waals surface area contributed by atoms with Crippen LogP contribution in [0, 0.1) is 11.6 Å². The highest BCUT2D eigenvalue weighted by molar-refractivity contribution is 5.89. The van der Waals surface area contributed by atoms with Crippen molar-refractivity contribution in [2.24, 2.45) is 0 Å². The number of hydrogen-bond donors (Lipinski definition) is 1. The van der Waals surface area contributed by atoms with Gasteiger partial charge in [0.2, 0.25) is 0 Å². The van der Waals surface area contributed by atoms with Gasteiger partial charge in [0.25, 0.3) is 0 Å². The van der Waals surface area contributed by atoms with Crippen LogP contribution in [-0.4, -0.2) is 15.5 Å². The van der Waals surface area contributed by atoms with Crippen LogP contribution in [0.5, 0.6) is 0 Å². The van der Waals surface area contributed by atoms with E-state index in [4.69, 9.17) is 4.42 Å². The maximum atomic E-state index is 13.5. The van der Waals surface area contributed by atoms with E-state index in [1.54, 1.807) is 23.3 Å². The highest BCUT2D eigenvalue weighted by Gasteiger charge is 2.18. The molecule has 2 heterocycles. The number of aromatic nitrogens is 1. The summed E-state index contributed by atoms with van der Waals surface area (Å²) in [5.41, 5.74) is 2.24. The first-order valence-corrected chi connectivity index (χ1v) is 9.80. The number of urea groups is 1. The lowest BCUT2D eigenvalue weighted by molar-refractivity contribution is 0.199. The summed E-state index contributed by atoms with van der Waals surface area (Å²) in [5.74, 6) is -1.38. The average molecular weight is 421 g/mol. The Kier molecular flexibility index (Phi) is 6.12. The molecule has 2 amide bonds. The molecule has 1 N–H and O–H groups in total. The lowest BCUT2D eigenvalue weighted by atomic mass is 10.2. The number of furan rings is 1. The van der Waals surface area contributed by atoms with Crippen molar-refractivity contribution in [1.82, 2.24) is 9.47 Å². The van der Waals surface area contributed by atoms with E-state index in [2.05, 4.69) is 9.88 Å². The minimum absolute atomic E-state index is 0.174. The molecule has 0 aliphatic carbocycles. The Hall–Kier alpha value is -3.87. The van der Waals surface area contributed by atoms with Gasteiger partial charge >= 0.3 is 6.03 Å². The molecular weight excluding hydrogens is 400 g/mol. The zero-order valence-corrected chi connectivity index (χ0v) is 16.7. The van der Waals surface area contributed by atoms with Gasteiger partial charge in [-0.1, -0.05) is 30.3 Å². The summed E-state index contributed by atoms with van der Waals surface area (Å²) in [6, 6.07) is 20.2. The van der Waals surface area contributed by atoms with E-state index in [9.17, 15) is 13.6 Å². The Morgan fingerprint density at radius 3 is 2.52 bits per heavy atom. The largest absolute Gasteiger partial charge is 0.467 e. The Labute approximate surface area is 178 Å². The molecule has 0 saturated carbocycles. The van der Waals surface area contributed by atoms with Crippen LogP contribution in [0.3, 0.4) is 0 Å². The van der Waals surface area contributed by atoms with Crippen molar-refractivity contribution in [1.29, 1.82) is 0 Å². The molecule has 0 aliphatic heterocycles. The Bertz CT molecular complexity index is 1140. The number of amides is 2. The molecule has 0 saturated heterocycles. The molecular formula is C24H21F2N3O2. The number of benzene rings is 2. The number of hydrogen-bond acceptors (Lipinski definition) is 2. The molecule has 5 nitrogen and oxygen atoms in total. The van der Waals surface area contributed by atoms with Crippen LogP contribution >= 0.6 is 0 Å². The average Bonchev–Trinajstić information content (AvgIpc) is 3.43. The Balaban J connectivity index is 1.53. The first kappa shape index (κ1) is 20.4. The summed E-state index contributed by atoms with van der Waals surface area (Å²) >= 11 is 0. The number of nitrogens with zero attached hydrogens (tertiary/aromatic N) is 2. The first-order chi connectivity index (χ1) is 15.1. The highest BCUT2D eigenvalue weighted by atomic mass is 19.2. The fourth-order valence-electron chi connectivity index (χ4n) is 3.29. The van der Waals surface area contributed by atoms with Gasteiger partial charge in [-0.3, -0.25) is 0 Å². The van der Waals surface area contributed by atoms with Gasteiger partial charge in [0.15, 0.2) is 11.6 Å². The quantitative estimate of drug-likeness (QED) is 0.420. The van der Waals surface area contributed by atoms with Crippen LogP contribution in [0.15, 0.2) is 89.7 Å². The van der Waals surface area contributed by atoms with Crippen molar-refractivity contribution < 1.29 is 18.0 Å². The maximum absolute atomic E-state index is 13.5. The van der Waals surface area contributed by atoms with Gasteiger partial charge in [-0.2, -0.15) is 0 Å². The van der Waals surface area contributed by atoms with E-state index in [-0.39, 0.29) is 12.2 Å². The third-order valence-corrected chi connectivity index (χ3v) is 4.86. The van der Waals surface area contributed by atoms with Crippen molar-refractivity contribution in [2.75, 3.05) is 5.32 Å².